The summed E-state index contributed by atoms with van der Waals surface area (Å²) < 4.78 is 10.8. The van der Waals surface area contributed by atoms with Gasteiger partial charge in [0.2, 0.25) is 0 Å². The van der Waals surface area contributed by atoms with E-state index >= 15 is 0 Å². The molecule has 1 aliphatic rings. The van der Waals surface area contributed by atoms with Crippen molar-refractivity contribution in [3.05, 3.63) is 49.3 Å². The number of hydrogen-bond acceptors (Lipinski definition) is 4. The second kappa shape index (κ2) is 7.59. The van der Waals surface area contributed by atoms with Crippen molar-refractivity contribution in [2.45, 2.75) is 25.7 Å². The lowest BCUT2D eigenvalue weighted by molar-refractivity contribution is -0.129. The normalized spacial score (nSPS) is 20.7. The van der Waals surface area contributed by atoms with Gasteiger partial charge in [0.15, 0.2) is 0 Å². The van der Waals surface area contributed by atoms with Crippen LogP contribution in [0.5, 0.6) is 11.5 Å². The van der Waals surface area contributed by atoms with E-state index in [4.69, 9.17) is 9.47 Å². The lowest BCUT2D eigenvalue weighted by Gasteiger charge is -2.26. The number of carbonyl (C=O) groups excluding carboxylic acids is 2. The molecule has 0 saturated heterocycles. The Balaban J connectivity index is 1.88. The molecule has 1 saturated carbocycles. The summed E-state index contributed by atoms with van der Waals surface area (Å²) in [6, 6.07) is 6.78. The van der Waals surface area contributed by atoms with Crippen molar-refractivity contribution in [2.75, 3.05) is 0 Å². The molecule has 0 amide bonds. The highest BCUT2D eigenvalue weighted by atomic mass is 16.5. The minimum atomic E-state index is -0.495. The van der Waals surface area contributed by atoms with Crippen LogP contribution in [0.25, 0.3) is 0 Å². The Morgan fingerprint density at radius 1 is 1.05 bits per heavy atom. The van der Waals surface area contributed by atoms with Gasteiger partial charge in [-0.05, 0) is 49.9 Å². The van der Waals surface area contributed by atoms with Crippen LogP contribution >= 0.6 is 0 Å². The molecule has 116 valence electrons. The Kier molecular flexibility index (Phi) is 5.53. The minimum Gasteiger partial charge on any atom is -0.462 e. The lowest BCUT2D eigenvalue weighted by atomic mass is 9.82. The van der Waals surface area contributed by atoms with Crippen molar-refractivity contribution in [1.29, 1.82) is 0 Å². The topological polar surface area (TPSA) is 52.6 Å². The summed E-state index contributed by atoms with van der Waals surface area (Å²) in [7, 11) is 0. The first-order valence-electron chi connectivity index (χ1n) is 7.38. The Morgan fingerprint density at radius 2 is 1.59 bits per heavy atom. The third-order valence-corrected chi connectivity index (χ3v) is 3.88. The molecule has 0 N–H and O–H groups in total. The van der Waals surface area contributed by atoms with Crippen LogP contribution in [0.3, 0.4) is 0 Å². The van der Waals surface area contributed by atoms with E-state index in [0.717, 1.165) is 43.8 Å². The van der Waals surface area contributed by atoms with Gasteiger partial charge in [-0.1, -0.05) is 13.2 Å². The fraction of sp³-hybridized carbons (Fsp3) is 0.333. The van der Waals surface area contributed by atoms with E-state index in [0.29, 0.717) is 11.5 Å². The quantitative estimate of drug-likeness (QED) is 0.264. The van der Waals surface area contributed by atoms with Gasteiger partial charge in [0.05, 0.1) is 5.76 Å². The molecule has 1 fully saturated rings. The predicted octanol–water partition coefficient (Wildman–Crippen LogP) is 3.68. The Morgan fingerprint density at radius 3 is 2.09 bits per heavy atom. The van der Waals surface area contributed by atoms with E-state index in [1.807, 2.05) is 0 Å². The molecule has 1 aromatic rings. The first-order valence-corrected chi connectivity index (χ1v) is 7.38. The molecule has 22 heavy (non-hydrogen) atoms. The zero-order chi connectivity index (χ0) is 15.9. The zero-order valence-corrected chi connectivity index (χ0v) is 12.5. The van der Waals surface area contributed by atoms with Crippen molar-refractivity contribution in [3.8, 4) is 11.5 Å². The SMILES string of the molecule is C=CC(=O)Oc1ccc(OC(=C)C2CCC(C=O)CC2)cc1. The van der Waals surface area contributed by atoms with Gasteiger partial charge in [0, 0.05) is 17.9 Å². The van der Waals surface area contributed by atoms with Gasteiger partial charge >= 0.3 is 5.97 Å². The van der Waals surface area contributed by atoms with Gasteiger partial charge in [-0.25, -0.2) is 4.79 Å². The monoisotopic (exact) mass is 300 g/mol. The highest BCUT2D eigenvalue weighted by Gasteiger charge is 2.23. The van der Waals surface area contributed by atoms with Gasteiger partial charge in [0.25, 0.3) is 0 Å². The molecule has 0 aliphatic heterocycles. The van der Waals surface area contributed by atoms with Crippen molar-refractivity contribution in [1.82, 2.24) is 0 Å². The second-order valence-electron chi connectivity index (χ2n) is 5.41. The zero-order valence-electron chi connectivity index (χ0n) is 12.5. The first-order chi connectivity index (χ1) is 10.6. The van der Waals surface area contributed by atoms with Gasteiger partial charge in [-0.2, -0.15) is 0 Å². The molecule has 0 atom stereocenters. The Labute approximate surface area is 130 Å². The number of aldehydes is 1. The number of carbonyl (C=O) groups is 2. The summed E-state index contributed by atoms with van der Waals surface area (Å²) in [5.74, 6) is 1.79. The van der Waals surface area contributed by atoms with Crippen LogP contribution in [0.4, 0.5) is 0 Å². The smallest absolute Gasteiger partial charge is 0.335 e. The van der Waals surface area contributed by atoms with Gasteiger partial charge in [-0.15, -0.1) is 0 Å². The number of allylic oxidation sites excluding steroid dienone is 1. The summed E-state index contributed by atoms with van der Waals surface area (Å²) in [6.07, 6.45) is 5.81. The Hall–Kier alpha value is -2.36. The van der Waals surface area contributed by atoms with Crippen LogP contribution in [-0.4, -0.2) is 12.3 Å². The maximum Gasteiger partial charge on any atom is 0.335 e. The number of rotatable bonds is 6. The largest absolute Gasteiger partial charge is 0.462 e. The number of ether oxygens (including phenoxy) is 2. The number of hydrogen-bond donors (Lipinski definition) is 0. The summed E-state index contributed by atoms with van der Waals surface area (Å²) in [4.78, 5) is 21.9. The van der Waals surface area contributed by atoms with E-state index in [2.05, 4.69) is 13.2 Å². The van der Waals surface area contributed by atoms with Crippen LogP contribution in [0.2, 0.25) is 0 Å². The average Bonchev–Trinajstić information content (AvgIpc) is 2.56. The third kappa shape index (κ3) is 4.32. The molecular formula is C18H20O4. The van der Waals surface area contributed by atoms with E-state index < -0.39 is 5.97 Å². The van der Waals surface area contributed by atoms with E-state index in [-0.39, 0.29) is 11.8 Å². The summed E-state index contributed by atoms with van der Waals surface area (Å²) >= 11 is 0. The molecule has 0 spiro atoms. The molecule has 0 unspecified atom stereocenters. The molecule has 1 aromatic carbocycles. The van der Waals surface area contributed by atoms with Crippen molar-refractivity contribution < 1.29 is 19.1 Å². The van der Waals surface area contributed by atoms with Gasteiger partial charge in [-0.3, -0.25) is 0 Å². The molecule has 0 aromatic heterocycles. The summed E-state index contributed by atoms with van der Waals surface area (Å²) in [6.45, 7) is 7.34. The highest BCUT2D eigenvalue weighted by molar-refractivity contribution is 5.83. The van der Waals surface area contributed by atoms with Gasteiger partial charge < -0.3 is 14.3 Å². The lowest BCUT2D eigenvalue weighted by Crippen LogP contribution is -2.18. The van der Waals surface area contributed by atoms with Crippen molar-refractivity contribution in [3.63, 3.8) is 0 Å². The maximum atomic E-state index is 11.1. The van der Waals surface area contributed by atoms with Crippen molar-refractivity contribution >= 4 is 12.3 Å². The third-order valence-electron chi connectivity index (χ3n) is 3.88. The Bertz CT molecular complexity index is 551. The highest BCUT2D eigenvalue weighted by Crippen LogP contribution is 2.33. The van der Waals surface area contributed by atoms with E-state index in [9.17, 15) is 9.59 Å². The predicted molar refractivity (Wildman–Crippen MR) is 83.6 cm³/mol. The molecule has 2 rings (SSSR count). The van der Waals surface area contributed by atoms with Crippen LogP contribution in [0.15, 0.2) is 49.3 Å². The molecule has 0 radical (unpaired) electrons. The van der Waals surface area contributed by atoms with Crippen LogP contribution in [-0.2, 0) is 9.59 Å². The fourth-order valence-electron chi connectivity index (χ4n) is 2.55. The average molecular weight is 300 g/mol. The van der Waals surface area contributed by atoms with Crippen LogP contribution in [0.1, 0.15) is 25.7 Å². The van der Waals surface area contributed by atoms with E-state index in [1.165, 1.54) is 0 Å². The van der Waals surface area contributed by atoms with Crippen molar-refractivity contribution in [2.24, 2.45) is 11.8 Å². The number of esters is 1. The van der Waals surface area contributed by atoms with Crippen LogP contribution in [0, 0.1) is 11.8 Å². The molecule has 0 bridgehead atoms. The standard InChI is InChI=1S/C18H20O4/c1-3-18(20)22-17-10-8-16(9-11-17)21-13(2)15-6-4-14(12-19)5-7-15/h3,8-12,14-15H,1-2,4-7H2. The molecule has 4 heteroatoms. The molecular weight excluding hydrogens is 280 g/mol. The first kappa shape index (κ1) is 16.0. The van der Waals surface area contributed by atoms with Crippen LogP contribution < -0.4 is 9.47 Å². The minimum absolute atomic E-state index is 0.183. The molecule has 0 heterocycles. The van der Waals surface area contributed by atoms with Gasteiger partial charge in [0.1, 0.15) is 17.8 Å². The summed E-state index contributed by atoms with van der Waals surface area (Å²) in [5.41, 5.74) is 0. The molecule has 1 aliphatic carbocycles. The number of benzene rings is 1. The fourth-order valence-corrected chi connectivity index (χ4v) is 2.55. The van der Waals surface area contributed by atoms with E-state index in [1.54, 1.807) is 24.3 Å². The molecule has 4 nitrogen and oxygen atoms in total. The summed E-state index contributed by atoms with van der Waals surface area (Å²) in [5, 5.41) is 0. The maximum absolute atomic E-state index is 11.1. The second-order valence-corrected chi connectivity index (χ2v) is 5.41.